The number of amides is 1. The summed E-state index contributed by atoms with van der Waals surface area (Å²) in [5.41, 5.74) is 5.93. The molecule has 0 atom stereocenters. The Morgan fingerprint density at radius 3 is 2.91 bits per heavy atom. The van der Waals surface area contributed by atoms with Crippen molar-refractivity contribution in [2.24, 2.45) is 10.7 Å². The average molecular weight is 389 g/mol. The molecule has 1 aliphatic heterocycles. The second-order valence-corrected chi connectivity index (χ2v) is 6.95. The molecule has 22 heavy (non-hydrogen) atoms. The third-order valence-electron chi connectivity index (χ3n) is 3.40. The number of hydrogen-bond donors (Lipinski definition) is 2. The quantitative estimate of drug-likeness (QED) is 0.613. The van der Waals surface area contributed by atoms with Crippen LogP contribution in [0, 0.1) is 0 Å². The first-order valence-corrected chi connectivity index (χ1v) is 8.96. The van der Waals surface area contributed by atoms with E-state index in [0.717, 1.165) is 22.2 Å². The first-order chi connectivity index (χ1) is 10.6. The standard InChI is InChI=1S/C14H21BrN4O2S/c1-2-21-14(20)19-5-3-11(4-6-19)18-13(16)17-8-12-7-10(15)9-22-12/h7,9,11H,2-6,8H2,1H3,(H3,16,17,18). The van der Waals surface area contributed by atoms with Crippen molar-refractivity contribution < 1.29 is 9.53 Å². The van der Waals surface area contributed by atoms with Gasteiger partial charge in [0.25, 0.3) is 0 Å². The summed E-state index contributed by atoms with van der Waals surface area (Å²) < 4.78 is 6.07. The molecule has 3 N–H and O–H groups in total. The summed E-state index contributed by atoms with van der Waals surface area (Å²) in [6.45, 7) is 4.17. The molecule has 1 aromatic heterocycles. The number of thiophene rings is 1. The Morgan fingerprint density at radius 2 is 2.32 bits per heavy atom. The van der Waals surface area contributed by atoms with Gasteiger partial charge in [0.1, 0.15) is 0 Å². The normalized spacial score (nSPS) is 16.6. The van der Waals surface area contributed by atoms with E-state index in [4.69, 9.17) is 10.5 Å². The first kappa shape index (κ1) is 17.1. The lowest BCUT2D eigenvalue weighted by Gasteiger charge is -2.31. The minimum absolute atomic E-state index is 0.231. The number of nitrogens with one attached hydrogen (secondary N) is 1. The Kier molecular flexibility index (Phi) is 6.50. The van der Waals surface area contributed by atoms with E-state index in [1.807, 2.05) is 18.4 Å². The number of halogens is 1. The largest absolute Gasteiger partial charge is 0.450 e. The average Bonchev–Trinajstić information content (AvgIpc) is 2.92. The van der Waals surface area contributed by atoms with Crippen LogP contribution in [0.1, 0.15) is 24.6 Å². The van der Waals surface area contributed by atoms with E-state index in [1.54, 1.807) is 16.2 Å². The monoisotopic (exact) mass is 388 g/mol. The number of piperidine rings is 1. The highest BCUT2D eigenvalue weighted by Gasteiger charge is 2.23. The van der Waals surface area contributed by atoms with Crippen molar-refractivity contribution >= 4 is 39.3 Å². The second-order valence-electron chi connectivity index (χ2n) is 5.04. The van der Waals surface area contributed by atoms with Gasteiger partial charge in [-0.2, -0.15) is 0 Å². The van der Waals surface area contributed by atoms with Crippen molar-refractivity contribution in [2.45, 2.75) is 32.4 Å². The Hall–Kier alpha value is -1.28. The van der Waals surface area contributed by atoms with E-state index in [1.165, 1.54) is 0 Å². The number of aliphatic imine (C=N–C) groups is 1. The number of carbonyl (C=O) groups is 1. The number of carbonyl (C=O) groups excluding carboxylic acids is 1. The van der Waals surface area contributed by atoms with E-state index in [0.29, 0.717) is 32.2 Å². The number of nitrogens with zero attached hydrogens (tertiary/aromatic N) is 2. The van der Waals surface area contributed by atoms with Crippen LogP contribution in [-0.4, -0.2) is 42.7 Å². The fourth-order valence-electron chi connectivity index (χ4n) is 2.28. The highest BCUT2D eigenvalue weighted by atomic mass is 79.9. The van der Waals surface area contributed by atoms with Gasteiger partial charge in [-0.15, -0.1) is 11.3 Å². The van der Waals surface area contributed by atoms with Crippen molar-refractivity contribution in [1.82, 2.24) is 10.2 Å². The molecular weight excluding hydrogens is 368 g/mol. The molecule has 2 heterocycles. The summed E-state index contributed by atoms with van der Waals surface area (Å²) in [7, 11) is 0. The SMILES string of the molecule is CCOC(=O)N1CCC(NC(N)=NCc2cc(Br)cs2)CC1. The summed E-state index contributed by atoms with van der Waals surface area (Å²) in [4.78, 5) is 18.9. The van der Waals surface area contributed by atoms with Gasteiger partial charge in [0.2, 0.25) is 0 Å². The lowest BCUT2D eigenvalue weighted by Crippen LogP contribution is -2.48. The Morgan fingerprint density at radius 1 is 1.59 bits per heavy atom. The summed E-state index contributed by atoms with van der Waals surface area (Å²) in [5.74, 6) is 0.458. The van der Waals surface area contributed by atoms with Crippen LogP contribution < -0.4 is 11.1 Å². The highest BCUT2D eigenvalue weighted by molar-refractivity contribution is 9.10. The first-order valence-electron chi connectivity index (χ1n) is 7.29. The van der Waals surface area contributed by atoms with Gasteiger partial charge >= 0.3 is 6.09 Å². The Labute approximate surface area is 142 Å². The van der Waals surface area contributed by atoms with Gasteiger partial charge in [-0.3, -0.25) is 0 Å². The number of guanidine groups is 1. The molecule has 1 saturated heterocycles. The molecule has 0 unspecified atom stereocenters. The lowest BCUT2D eigenvalue weighted by atomic mass is 10.1. The van der Waals surface area contributed by atoms with E-state index in [-0.39, 0.29) is 12.1 Å². The zero-order chi connectivity index (χ0) is 15.9. The van der Waals surface area contributed by atoms with E-state index in [9.17, 15) is 4.79 Å². The van der Waals surface area contributed by atoms with E-state index < -0.39 is 0 Å². The molecule has 0 bridgehead atoms. The van der Waals surface area contributed by atoms with E-state index in [2.05, 4.69) is 26.2 Å². The summed E-state index contributed by atoms with van der Waals surface area (Å²) in [5, 5.41) is 5.26. The third-order valence-corrected chi connectivity index (χ3v) is 5.08. The maximum Gasteiger partial charge on any atom is 0.409 e. The number of hydrogen-bond acceptors (Lipinski definition) is 4. The predicted octanol–water partition coefficient (Wildman–Crippen LogP) is 2.54. The van der Waals surface area contributed by atoms with Gasteiger partial charge in [0.05, 0.1) is 13.2 Å². The van der Waals surface area contributed by atoms with Crippen molar-refractivity contribution in [1.29, 1.82) is 0 Å². The molecule has 1 aliphatic rings. The fraction of sp³-hybridized carbons (Fsp3) is 0.571. The lowest BCUT2D eigenvalue weighted by molar-refractivity contribution is 0.0963. The molecule has 0 saturated carbocycles. The number of nitrogens with two attached hydrogens (primary N) is 1. The number of rotatable bonds is 4. The second kappa shape index (κ2) is 8.38. The van der Waals surface area contributed by atoms with Gasteiger partial charge in [-0.25, -0.2) is 9.79 Å². The van der Waals surface area contributed by atoms with Crippen LogP contribution in [0.4, 0.5) is 4.79 Å². The highest BCUT2D eigenvalue weighted by Crippen LogP contribution is 2.20. The zero-order valence-corrected chi connectivity index (χ0v) is 15.0. The van der Waals surface area contributed by atoms with Crippen LogP contribution in [-0.2, 0) is 11.3 Å². The van der Waals surface area contributed by atoms with Crippen LogP contribution in [0.15, 0.2) is 20.9 Å². The molecule has 6 nitrogen and oxygen atoms in total. The fourth-order valence-corrected chi connectivity index (χ4v) is 3.65. The Balaban J connectivity index is 1.74. The number of ether oxygens (including phenoxy) is 1. The smallest absolute Gasteiger partial charge is 0.409 e. The molecule has 122 valence electrons. The minimum Gasteiger partial charge on any atom is -0.450 e. The minimum atomic E-state index is -0.231. The maximum atomic E-state index is 11.6. The van der Waals surface area contributed by atoms with E-state index >= 15 is 0 Å². The van der Waals surface area contributed by atoms with Gasteiger partial charge in [-0.05, 0) is 41.8 Å². The molecule has 8 heteroatoms. The van der Waals surface area contributed by atoms with Crippen LogP contribution in [0.2, 0.25) is 0 Å². The topological polar surface area (TPSA) is 80.0 Å². The Bertz CT molecular complexity index is 527. The summed E-state index contributed by atoms with van der Waals surface area (Å²) in [6.07, 6.45) is 1.46. The molecule has 1 fully saturated rings. The predicted molar refractivity (Wildman–Crippen MR) is 92.1 cm³/mol. The third kappa shape index (κ3) is 5.17. The summed E-state index contributed by atoms with van der Waals surface area (Å²) in [6, 6.07) is 2.30. The molecular formula is C14H21BrN4O2S. The van der Waals surface area contributed by atoms with Crippen molar-refractivity contribution in [3.05, 3.63) is 20.8 Å². The number of likely N-dealkylation sites (tertiary alicyclic amines) is 1. The van der Waals surface area contributed by atoms with Crippen molar-refractivity contribution in [3.8, 4) is 0 Å². The molecule has 1 aromatic rings. The van der Waals surface area contributed by atoms with Gasteiger partial charge in [-0.1, -0.05) is 0 Å². The molecule has 0 aliphatic carbocycles. The van der Waals surface area contributed by atoms with Crippen molar-refractivity contribution in [2.75, 3.05) is 19.7 Å². The van der Waals surface area contributed by atoms with Crippen LogP contribution in [0.3, 0.4) is 0 Å². The van der Waals surface area contributed by atoms with Gasteiger partial charge in [0, 0.05) is 33.9 Å². The molecule has 0 radical (unpaired) electrons. The molecule has 0 spiro atoms. The molecule has 2 rings (SSSR count). The van der Waals surface area contributed by atoms with Crippen LogP contribution in [0.5, 0.6) is 0 Å². The molecule has 0 aromatic carbocycles. The van der Waals surface area contributed by atoms with Gasteiger partial charge < -0.3 is 20.7 Å². The van der Waals surface area contributed by atoms with Crippen LogP contribution in [0.25, 0.3) is 0 Å². The summed E-state index contributed by atoms with van der Waals surface area (Å²) >= 11 is 5.07. The maximum absolute atomic E-state index is 11.6. The van der Waals surface area contributed by atoms with Gasteiger partial charge in [0.15, 0.2) is 5.96 Å². The molecule has 1 amide bonds. The zero-order valence-electron chi connectivity index (χ0n) is 12.5. The van der Waals surface area contributed by atoms with Crippen LogP contribution >= 0.6 is 27.3 Å². The van der Waals surface area contributed by atoms with Crippen molar-refractivity contribution in [3.63, 3.8) is 0 Å².